The number of fused-ring (bicyclic) bond motifs is 2. The van der Waals surface area contributed by atoms with Crippen LogP contribution in [0.5, 0.6) is 0 Å². The highest BCUT2D eigenvalue weighted by atomic mass is 16.8. The fourth-order valence-electron chi connectivity index (χ4n) is 4.87. The van der Waals surface area contributed by atoms with Gasteiger partial charge in [0.25, 0.3) is 0 Å². The van der Waals surface area contributed by atoms with E-state index in [9.17, 15) is 5.11 Å². The topological polar surface area (TPSA) is 38.7 Å². The molecule has 2 aliphatic heterocycles. The monoisotopic (exact) mass is 196 g/mol. The van der Waals surface area contributed by atoms with Crippen LogP contribution >= 0.6 is 0 Å². The fraction of sp³-hybridized carbons (Fsp3) is 1.00. The van der Waals surface area contributed by atoms with Gasteiger partial charge in [-0.3, -0.25) is 0 Å². The zero-order chi connectivity index (χ0) is 9.72. The molecule has 0 aromatic heterocycles. The third-order valence-electron chi connectivity index (χ3n) is 4.96. The van der Waals surface area contributed by atoms with Crippen LogP contribution in [0, 0.1) is 23.7 Å². The Morgan fingerprint density at radius 2 is 2.00 bits per heavy atom. The number of aliphatic hydroxyl groups is 1. The van der Waals surface area contributed by atoms with Gasteiger partial charge in [0.05, 0.1) is 6.10 Å². The summed E-state index contributed by atoms with van der Waals surface area (Å²) >= 11 is 0. The van der Waals surface area contributed by atoms with E-state index < -0.39 is 11.6 Å². The van der Waals surface area contributed by atoms with Crippen molar-refractivity contribution in [1.29, 1.82) is 0 Å². The van der Waals surface area contributed by atoms with E-state index >= 15 is 0 Å². The van der Waals surface area contributed by atoms with E-state index in [1.807, 2.05) is 6.92 Å². The maximum Gasteiger partial charge on any atom is 0.172 e. The Morgan fingerprint density at radius 3 is 2.79 bits per heavy atom. The fourth-order valence-corrected chi connectivity index (χ4v) is 4.87. The standard InChI is InChI=1S/C11H16O3/c1-10(12)8-5-3-6-7(4-5)13-11(2,14-10)9(6)8/h5-9,12H,3-4H2,1-2H3/t5-,6+,7-,8+,9-,10+,11+/m1/s1. The number of rotatable bonds is 0. The molecule has 0 aromatic rings. The number of hydrogen-bond acceptors (Lipinski definition) is 3. The summed E-state index contributed by atoms with van der Waals surface area (Å²) in [6.45, 7) is 3.81. The molecule has 4 rings (SSSR count). The molecule has 2 aliphatic carbocycles. The minimum absolute atomic E-state index is 0.316. The predicted octanol–water partition coefficient (Wildman–Crippen LogP) is 1.11. The molecule has 0 aromatic carbocycles. The molecule has 3 heteroatoms. The Kier molecular flexibility index (Phi) is 1.10. The van der Waals surface area contributed by atoms with Gasteiger partial charge < -0.3 is 14.6 Å². The third kappa shape index (κ3) is 0.640. The van der Waals surface area contributed by atoms with Crippen LogP contribution in [-0.4, -0.2) is 22.8 Å². The molecule has 0 radical (unpaired) electrons. The van der Waals surface area contributed by atoms with Crippen molar-refractivity contribution < 1.29 is 14.6 Å². The van der Waals surface area contributed by atoms with Crippen molar-refractivity contribution in [2.45, 2.75) is 44.4 Å². The second kappa shape index (κ2) is 1.91. The lowest BCUT2D eigenvalue weighted by molar-refractivity contribution is -0.308. The Labute approximate surface area is 83.4 Å². The van der Waals surface area contributed by atoms with Crippen molar-refractivity contribution in [3.8, 4) is 0 Å². The summed E-state index contributed by atoms with van der Waals surface area (Å²) in [5, 5.41) is 10.2. The molecule has 2 heterocycles. The molecule has 4 fully saturated rings. The molecule has 0 spiro atoms. The van der Waals surface area contributed by atoms with Crippen molar-refractivity contribution in [2.24, 2.45) is 23.7 Å². The van der Waals surface area contributed by atoms with Crippen LogP contribution in [0.3, 0.4) is 0 Å². The summed E-state index contributed by atoms with van der Waals surface area (Å²) < 4.78 is 11.7. The van der Waals surface area contributed by atoms with Crippen molar-refractivity contribution >= 4 is 0 Å². The SMILES string of the molecule is C[C@@]12O[C@@H]3C[C@H]4C[C@@H]3[C@@H]1[C@H]4[C@@](C)(O)O2. The lowest BCUT2D eigenvalue weighted by atomic mass is 9.75. The van der Waals surface area contributed by atoms with E-state index in [0.717, 1.165) is 6.42 Å². The van der Waals surface area contributed by atoms with Crippen molar-refractivity contribution in [1.82, 2.24) is 0 Å². The van der Waals surface area contributed by atoms with Gasteiger partial charge in [-0.1, -0.05) is 0 Å². The van der Waals surface area contributed by atoms with Crippen molar-refractivity contribution in [2.75, 3.05) is 0 Å². The maximum atomic E-state index is 10.2. The van der Waals surface area contributed by atoms with E-state index in [1.165, 1.54) is 6.42 Å². The minimum atomic E-state index is -0.954. The third-order valence-corrected chi connectivity index (χ3v) is 4.96. The summed E-state index contributed by atoms with van der Waals surface area (Å²) in [4.78, 5) is 0. The molecule has 3 nitrogen and oxygen atoms in total. The molecule has 14 heavy (non-hydrogen) atoms. The van der Waals surface area contributed by atoms with Gasteiger partial charge in [-0.2, -0.15) is 0 Å². The maximum absolute atomic E-state index is 10.2. The van der Waals surface area contributed by atoms with Crippen LogP contribution in [0.25, 0.3) is 0 Å². The van der Waals surface area contributed by atoms with Crippen LogP contribution < -0.4 is 0 Å². The van der Waals surface area contributed by atoms with Gasteiger partial charge in [0.2, 0.25) is 0 Å². The van der Waals surface area contributed by atoms with Crippen LogP contribution in [0.2, 0.25) is 0 Å². The van der Waals surface area contributed by atoms with Gasteiger partial charge in [0, 0.05) is 11.8 Å². The average Bonchev–Trinajstić information content (AvgIpc) is 2.62. The van der Waals surface area contributed by atoms with Crippen molar-refractivity contribution in [3.05, 3.63) is 0 Å². The van der Waals surface area contributed by atoms with E-state index in [4.69, 9.17) is 9.47 Å². The summed E-state index contributed by atoms with van der Waals surface area (Å²) in [5.74, 6) is 0.606. The largest absolute Gasteiger partial charge is 0.365 e. The van der Waals surface area contributed by atoms with E-state index in [-0.39, 0.29) is 0 Å². The Bertz CT molecular complexity index is 312. The number of ether oxygens (including phenoxy) is 2. The summed E-state index contributed by atoms with van der Waals surface area (Å²) in [6.07, 6.45) is 2.80. The Balaban J connectivity index is 1.90. The molecular weight excluding hydrogens is 180 g/mol. The van der Waals surface area contributed by atoms with Gasteiger partial charge in [-0.25, -0.2) is 0 Å². The predicted molar refractivity (Wildman–Crippen MR) is 48.2 cm³/mol. The highest BCUT2D eigenvalue weighted by Crippen LogP contribution is 2.69. The molecule has 78 valence electrons. The van der Waals surface area contributed by atoms with Gasteiger partial charge in [-0.15, -0.1) is 0 Å². The first-order chi connectivity index (χ1) is 6.51. The zero-order valence-electron chi connectivity index (χ0n) is 8.56. The minimum Gasteiger partial charge on any atom is -0.365 e. The van der Waals surface area contributed by atoms with Gasteiger partial charge in [0.1, 0.15) is 0 Å². The van der Waals surface area contributed by atoms with Crippen LogP contribution in [0.1, 0.15) is 26.7 Å². The lowest BCUT2D eigenvalue weighted by Crippen LogP contribution is -2.40. The van der Waals surface area contributed by atoms with E-state index in [1.54, 1.807) is 6.92 Å². The van der Waals surface area contributed by atoms with Gasteiger partial charge in [-0.05, 0) is 38.5 Å². The number of hydrogen-bond donors (Lipinski definition) is 1. The second-order valence-electron chi connectivity index (χ2n) is 5.78. The van der Waals surface area contributed by atoms with Crippen LogP contribution in [0.4, 0.5) is 0 Å². The van der Waals surface area contributed by atoms with Gasteiger partial charge >= 0.3 is 0 Å². The molecule has 7 atom stereocenters. The normalized spacial score (nSPS) is 73.5. The summed E-state index contributed by atoms with van der Waals surface area (Å²) in [5.41, 5.74) is 0. The van der Waals surface area contributed by atoms with Crippen LogP contribution in [0.15, 0.2) is 0 Å². The second-order valence-corrected chi connectivity index (χ2v) is 5.78. The van der Waals surface area contributed by atoms with Gasteiger partial charge in [0.15, 0.2) is 11.6 Å². The molecular formula is C11H16O3. The smallest absolute Gasteiger partial charge is 0.172 e. The highest BCUT2D eigenvalue weighted by Gasteiger charge is 2.75. The average molecular weight is 196 g/mol. The Hall–Kier alpha value is -0.120. The quantitative estimate of drug-likeness (QED) is 0.631. The highest BCUT2D eigenvalue weighted by molar-refractivity contribution is 5.16. The molecule has 1 N–H and O–H groups in total. The molecule has 2 bridgehead atoms. The first kappa shape index (κ1) is 8.08. The Morgan fingerprint density at radius 1 is 1.21 bits per heavy atom. The summed E-state index contributed by atoms with van der Waals surface area (Å²) in [6, 6.07) is 0. The van der Waals surface area contributed by atoms with Crippen molar-refractivity contribution in [3.63, 3.8) is 0 Å². The van der Waals surface area contributed by atoms with E-state index in [0.29, 0.717) is 29.8 Å². The van der Waals surface area contributed by atoms with E-state index in [2.05, 4.69) is 0 Å². The first-order valence-corrected chi connectivity index (χ1v) is 5.62. The lowest BCUT2D eigenvalue weighted by Gasteiger charge is -2.33. The first-order valence-electron chi connectivity index (χ1n) is 5.62. The summed E-state index contributed by atoms with van der Waals surface area (Å²) in [7, 11) is 0. The van der Waals surface area contributed by atoms with Crippen LogP contribution in [-0.2, 0) is 9.47 Å². The molecule has 0 unspecified atom stereocenters. The molecule has 2 saturated heterocycles. The zero-order valence-corrected chi connectivity index (χ0v) is 8.56. The molecule has 0 amide bonds. The molecule has 2 saturated carbocycles. The molecule has 4 aliphatic rings.